The van der Waals surface area contributed by atoms with E-state index in [1.807, 2.05) is 52.8 Å². The molecule has 0 saturated carbocycles. The number of aromatic nitrogens is 1. The van der Waals surface area contributed by atoms with E-state index in [1.54, 1.807) is 18.1 Å². The molecule has 1 aromatic heterocycles. The van der Waals surface area contributed by atoms with E-state index in [0.717, 1.165) is 37.6 Å². The minimum atomic E-state index is -0.487. The Morgan fingerprint density at radius 3 is 2.67 bits per heavy atom. The minimum absolute atomic E-state index is 0.0417. The quantitative estimate of drug-likeness (QED) is 0.538. The van der Waals surface area contributed by atoms with Gasteiger partial charge in [0.15, 0.2) is 5.96 Å². The highest BCUT2D eigenvalue weighted by Crippen LogP contribution is 2.11. The summed E-state index contributed by atoms with van der Waals surface area (Å²) in [5.74, 6) is 0.778. The molecule has 0 bridgehead atoms. The van der Waals surface area contributed by atoms with Gasteiger partial charge in [-0.15, -0.1) is 0 Å². The van der Waals surface area contributed by atoms with Crippen molar-refractivity contribution in [2.75, 3.05) is 26.7 Å². The molecule has 0 aromatic carbocycles. The van der Waals surface area contributed by atoms with Crippen LogP contribution in [0.25, 0.3) is 0 Å². The summed E-state index contributed by atoms with van der Waals surface area (Å²) < 4.78 is 5.40. The highest BCUT2D eigenvalue weighted by atomic mass is 16.6. The molecule has 27 heavy (non-hydrogen) atoms. The van der Waals surface area contributed by atoms with Crippen molar-refractivity contribution in [2.45, 2.75) is 59.1 Å². The standard InChI is InChI=1S/C20H35N5O2/c1-7-21-18(24-15-12-17-10-8-9-13-22-17)23-14-11-16(2)25(6)19(26)27-20(3,4)5/h8-10,13,16H,7,11-12,14-15H2,1-6H3,(H2,21,23,24). The van der Waals surface area contributed by atoms with Gasteiger partial charge in [0.2, 0.25) is 0 Å². The number of aliphatic imine (C=N–C) groups is 1. The van der Waals surface area contributed by atoms with Crippen LogP contribution in [0.5, 0.6) is 0 Å². The van der Waals surface area contributed by atoms with Gasteiger partial charge in [0.1, 0.15) is 5.60 Å². The molecule has 0 radical (unpaired) electrons. The third-order valence-electron chi connectivity index (χ3n) is 3.90. The fourth-order valence-corrected chi connectivity index (χ4v) is 2.27. The second-order valence-corrected chi connectivity index (χ2v) is 7.49. The first kappa shape index (κ1) is 22.7. The Kier molecular flexibility index (Phi) is 9.61. The molecule has 2 N–H and O–H groups in total. The van der Waals surface area contributed by atoms with Gasteiger partial charge in [-0.25, -0.2) is 4.79 Å². The molecule has 1 rings (SSSR count). The lowest BCUT2D eigenvalue weighted by Gasteiger charge is -2.28. The molecule has 1 atom stereocenters. The minimum Gasteiger partial charge on any atom is -0.444 e. The first-order chi connectivity index (χ1) is 12.7. The third-order valence-corrected chi connectivity index (χ3v) is 3.90. The molecule has 1 amide bonds. The van der Waals surface area contributed by atoms with Gasteiger partial charge in [0.05, 0.1) is 0 Å². The molecule has 0 fully saturated rings. The largest absolute Gasteiger partial charge is 0.444 e. The normalized spacial score (nSPS) is 13.0. The van der Waals surface area contributed by atoms with Crippen LogP contribution in [0.1, 0.15) is 46.7 Å². The molecule has 0 aliphatic rings. The number of carbonyl (C=O) groups excluding carboxylic acids is 1. The lowest BCUT2D eigenvalue weighted by Crippen LogP contribution is -2.40. The van der Waals surface area contributed by atoms with Crippen molar-refractivity contribution in [3.05, 3.63) is 30.1 Å². The van der Waals surface area contributed by atoms with Crippen LogP contribution in [0, 0.1) is 0 Å². The maximum absolute atomic E-state index is 12.1. The van der Waals surface area contributed by atoms with Gasteiger partial charge in [-0.05, 0) is 53.2 Å². The summed E-state index contributed by atoms with van der Waals surface area (Å²) in [6.45, 7) is 11.8. The van der Waals surface area contributed by atoms with Crippen molar-refractivity contribution in [1.82, 2.24) is 20.5 Å². The van der Waals surface area contributed by atoms with E-state index >= 15 is 0 Å². The van der Waals surface area contributed by atoms with Gasteiger partial charge in [0.25, 0.3) is 0 Å². The van der Waals surface area contributed by atoms with Gasteiger partial charge >= 0.3 is 6.09 Å². The van der Waals surface area contributed by atoms with E-state index in [4.69, 9.17) is 4.74 Å². The summed E-state index contributed by atoms with van der Waals surface area (Å²) in [5.41, 5.74) is 0.562. The van der Waals surface area contributed by atoms with Gasteiger partial charge in [0, 0.05) is 51.0 Å². The molecule has 7 heteroatoms. The number of carbonyl (C=O) groups is 1. The van der Waals surface area contributed by atoms with Crippen LogP contribution in [0.3, 0.4) is 0 Å². The second kappa shape index (κ2) is 11.4. The van der Waals surface area contributed by atoms with E-state index in [-0.39, 0.29) is 12.1 Å². The topological polar surface area (TPSA) is 78.9 Å². The zero-order chi connectivity index (χ0) is 20.3. The van der Waals surface area contributed by atoms with E-state index in [1.165, 1.54) is 0 Å². The molecule has 0 saturated heterocycles. The molecule has 1 unspecified atom stereocenters. The zero-order valence-electron chi connectivity index (χ0n) is 17.6. The van der Waals surface area contributed by atoms with E-state index < -0.39 is 5.60 Å². The molecule has 0 aliphatic heterocycles. The Morgan fingerprint density at radius 1 is 1.33 bits per heavy atom. The number of rotatable bonds is 8. The van der Waals surface area contributed by atoms with Crippen LogP contribution in [0.4, 0.5) is 4.79 Å². The summed E-state index contributed by atoms with van der Waals surface area (Å²) >= 11 is 0. The molecular weight excluding hydrogens is 342 g/mol. The number of pyridine rings is 1. The molecule has 0 spiro atoms. The van der Waals surface area contributed by atoms with Crippen molar-refractivity contribution in [1.29, 1.82) is 0 Å². The highest BCUT2D eigenvalue weighted by Gasteiger charge is 2.22. The summed E-state index contributed by atoms with van der Waals surface area (Å²) in [6.07, 6.45) is 3.09. The number of ether oxygens (including phenoxy) is 1. The molecule has 152 valence electrons. The Balaban J connectivity index is 2.43. The number of nitrogens with zero attached hydrogens (tertiary/aromatic N) is 3. The van der Waals surface area contributed by atoms with Crippen LogP contribution in [0.2, 0.25) is 0 Å². The number of hydrogen-bond donors (Lipinski definition) is 2. The van der Waals surface area contributed by atoms with Crippen LogP contribution in [-0.2, 0) is 11.2 Å². The molecule has 1 aromatic rings. The van der Waals surface area contributed by atoms with Crippen LogP contribution >= 0.6 is 0 Å². The number of guanidine groups is 1. The fraction of sp³-hybridized carbons (Fsp3) is 0.650. The smallest absolute Gasteiger partial charge is 0.410 e. The Bertz CT molecular complexity index is 584. The fourth-order valence-electron chi connectivity index (χ4n) is 2.27. The van der Waals surface area contributed by atoms with Gasteiger partial charge in [-0.3, -0.25) is 9.98 Å². The molecule has 0 aliphatic carbocycles. The number of amides is 1. The molecular formula is C20H35N5O2. The van der Waals surface area contributed by atoms with Crippen molar-refractivity contribution >= 4 is 12.1 Å². The summed E-state index contributed by atoms with van der Waals surface area (Å²) in [5, 5.41) is 6.56. The van der Waals surface area contributed by atoms with Gasteiger partial charge in [-0.1, -0.05) is 6.07 Å². The summed E-state index contributed by atoms with van der Waals surface area (Å²) in [7, 11) is 1.76. The van der Waals surface area contributed by atoms with Gasteiger partial charge < -0.3 is 20.3 Å². The Labute approximate surface area is 163 Å². The highest BCUT2D eigenvalue weighted by molar-refractivity contribution is 5.79. The summed E-state index contributed by atoms with van der Waals surface area (Å²) in [6, 6.07) is 5.96. The average molecular weight is 378 g/mol. The number of nitrogens with one attached hydrogen (secondary N) is 2. The van der Waals surface area contributed by atoms with Gasteiger partial charge in [-0.2, -0.15) is 0 Å². The average Bonchev–Trinajstić information content (AvgIpc) is 2.60. The number of hydrogen-bond acceptors (Lipinski definition) is 4. The van der Waals surface area contributed by atoms with Crippen LogP contribution < -0.4 is 10.6 Å². The second-order valence-electron chi connectivity index (χ2n) is 7.49. The first-order valence-corrected chi connectivity index (χ1v) is 9.61. The lowest BCUT2D eigenvalue weighted by atomic mass is 10.2. The Morgan fingerprint density at radius 2 is 2.07 bits per heavy atom. The first-order valence-electron chi connectivity index (χ1n) is 9.61. The van der Waals surface area contributed by atoms with Crippen LogP contribution in [0.15, 0.2) is 29.4 Å². The van der Waals surface area contributed by atoms with Crippen molar-refractivity contribution in [3.8, 4) is 0 Å². The maximum atomic E-state index is 12.1. The van der Waals surface area contributed by atoms with E-state index in [0.29, 0.717) is 6.54 Å². The maximum Gasteiger partial charge on any atom is 0.410 e. The molecule has 1 heterocycles. The van der Waals surface area contributed by atoms with Crippen molar-refractivity contribution < 1.29 is 9.53 Å². The molecule has 7 nitrogen and oxygen atoms in total. The van der Waals surface area contributed by atoms with E-state index in [9.17, 15) is 4.79 Å². The zero-order valence-corrected chi connectivity index (χ0v) is 17.6. The third kappa shape index (κ3) is 9.82. The monoisotopic (exact) mass is 377 g/mol. The predicted molar refractivity (Wildman–Crippen MR) is 110 cm³/mol. The predicted octanol–water partition coefficient (Wildman–Crippen LogP) is 2.82. The van der Waals surface area contributed by atoms with Crippen LogP contribution in [-0.4, -0.2) is 60.3 Å². The Hall–Kier alpha value is -2.31. The lowest BCUT2D eigenvalue weighted by molar-refractivity contribution is 0.0231. The SMILES string of the molecule is CCNC(=NCCC(C)N(C)C(=O)OC(C)(C)C)NCCc1ccccn1. The van der Waals surface area contributed by atoms with E-state index in [2.05, 4.69) is 20.6 Å². The van der Waals surface area contributed by atoms with Crippen molar-refractivity contribution in [3.63, 3.8) is 0 Å². The van der Waals surface area contributed by atoms with Crippen molar-refractivity contribution in [2.24, 2.45) is 4.99 Å². The summed E-state index contributed by atoms with van der Waals surface area (Å²) in [4.78, 5) is 22.7.